The van der Waals surface area contributed by atoms with Crippen LogP contribution in [0.2, 0.25) is 0 Å². The number of hydrogen-bond donors (Lipinski definition) is 0. The third-order valence-corrected chi connectivity index (χ3v) is 3.15. The lowest BCUT2D eigenvalue weighted by Gasteiger charge is -2.31. The van der Waals surface area contributed by atoms with Crippen LogP contribution in [0.15, 0.2) is 0 Å². The van der Waals surface area contributed by atoms with E-state index in [0.717, 1.165) is 9.34 Å². The summed E-state index contributed by atoms with van der Waals surface area (Å²) in [6, 6.07) is 0. The fourth-order valence-corrected chi connectivity index (χ4v) is 3.33. The van der Waals surface area contributed by atoms with Gasteiger partial charge in [-0.2, -0.15) is 0 Å². The number of hydrogen-bond acceptors (Lipinski definition) is 0. The first kappa shape index (κ1) is 4.59. The summed E-state index contributed by atoms with van der Waals surface area (Å²) in [5.41, 5.74) is 0.936. The molecular formula is C6H9I. The fraction of sp³-hybridized carbons (Fsp3) is 1.00. The second-order valence-corrected chi connectivity index (χ2v) is 4.77. The molecule has 2 fully saturated rings. The van der Waals surface area contributed by atoms with Gasteiger partial charge in [0.2, 0.25) is 0 Å². The van der Waals surface area contributed by atoms with Crippen LogP contribution in [0.3, 0.4) is 0 Å². The van der Waals surface area contributed by atoms with Gasteiger partial charge in [-0.05, 0) is 31.1 Å². The summed E-state index contributed by atoms with van der Waals surface area (Å²) in [6.45, 7) is 0. The van der Waals surface area contributed by atoms with Crippen LogP contribution in [-0.4, -0.2) is 3.92 Å². The molecule has 0 atom stereocenters. The molecule has 2 aliphatic carbocycles. The Balaban J connectivity index is 1.97. The van der Waals surface area contributed by atoms with Gasteiger partial charge in [-0.3, -0.25) is 0 Å². The third kappa shape index (κ3) is 0.609. The summed E-state index contributed by atoms with van der Waals surface area (Å²) in [7, 11) is 0. The molecule has 2 aliphatic rings. The van der Waals surface area contributed by atoms with Crippen LogP contribution in [0, 0.1) is 5.41 Å². The van der Waals surface area contributed by atoms with Gasteiger partial charge in [0.1, 0.15) is 0 Å². The first-order valence-corrected chi connectivity index (χ1v) is 4.19. The van der Waals surface area contributed by atoms with Crippen molar-refractivity contribution < 1.29 is 0 Å². The first-order chi connectivity index (χ1) is 3.31. The van der Waals surface area contributed by atoms with E-state index in [-0.39, 0.29) is 0 Å². The van der Waals surface area contributed by atoms with Crippen LogP contribution in [0.4, 0.5) is 0 Å². The quantitative estimate of drug-likeness (QED) is 0.423. The van der Waals surface area contributed by atoms with Crippen LogP contribution in [0.5, 0.6) is 0 Å². The molecule has 0 N–H and O–H groups in total. The minimum atomic E-state index is 0.936. The van der Waals surface area contributed by atoms with Crippen LogP contribution >= 0.6 is 22.6 Å². The van der Waals surface area contributed by atoms with Crippen LogP contribution in [-0.2, 0) is 0 Å². The second-order valence-electron chi connectivity index (χ2n) is 3.01. The van der Waals surface area contributed by atoms with Crippen molar-refractivity contribution in [3.05, 3.63) is 0 Å². The SMILES string of the molecule is IC1CC2(CC2)C1. The van der Waals surface area contributed by atoms with Crippen molar-refractivity contribution in [2.75, 3.05) is 0 Å². The lowest BCUT2D eigenvalue weighted by atomic mass is 9.82. The lowest BCUT2D eigenvalue weighted by molar-refractivity contribution is 0.313. The van der Waals surface area contributed by atoms with Crippen molar-refractivity contribution in [1.82, 2.24) is 0 Å². The average Bonchev–Trinajstić information content (AvgIpc) is 2.14. The highest BCUT2D eigenvalue weighted by Gasteiger charge is 2.51. The van der Waals surface area contributed by atoms with Crippen molar-refractivity contribution >= 4 is 22.6 Å². The highest BCUT2D eigenvalue weighted by atomic mass is 127. The van der Waals surface area contributed by atoms with Gasteiger partial charge in [-0.1, -0.05) is 22.6 Å². The van der Waals surface area contributed by atoms with E-state index in [9.17, 15) is 0 Å². The standard InChI is InChI=1S/C6H9I/c7-5-3-6(4-5)1-2-6/h5H,1-4H2. The zero-order valence-electron chi connectivity index (χ0n) is 4.28. The molecule has 0 aromatic carbocycles. The Kier molecular flexibility index (Phi) is 0.769. The van der Waals surface area contributed by atoms with Crippen LogP contribution < -0.4 is 0 Å². The van der Waals surface area contributed by atoms with E-state index < -0.39 is 0 Å². The van der Waals surface area contributed by atoms with E-state index in [2.05, 4.69) is 22.6 Å². The monoisotopic (exact) mass is 208 g/mol. The maximum Gasteiger partial charge on any atom is 0.0120 e. The minimum Gasteiger partial charge on any atom is -0.0826 e. The summed E-state index contributed by atoms with van der Waals surface area (Å²) in [4.78, 5) is 0. The van der Waals surface area contributed by atoms with Crippen molar-refractivity contribution in [2.45, 2.75) is 29.6 Å². The number of alkyl halides is 1. The van der Waals surface area contributed by atoms with E-state index in [0.29, 0.717) is 0 Å². The van der Waals surface area contributed by atoms with E-state index >= 15 is 0 Å². The molecule has 0 radical (unpaired) electrons. The van der Waals surface area contributed by atoms with Crippen LogP contribution in [0.1, 0.15) is 25.7 Å². The normalized spacial score (nSPS) is 35.6. The smallest absolute Gasteiger partial charge is 0.0120 e. The van der Waals surface area contributed by atoms with Crippen molar-refractivity contribution in [2.24, 2.45) is 5.41 Å². The molecular weight excluding hydrogens is 199 g/mol. The van der Waals surface area contributed by atoms with E-state index in [1.165, 1.54) is 12.8 Å². The Morgan fingerprint density at radius 2 is 1.86 bits per heavy atom. The highest BCUT2D eigenvalue weighted by molar-refractivity contribution is 14.1. The highest BCUT2D eigenvalue weighted by Crippen LogP contribution is 2.62. The molecule has 0 bridgehead atoms. The second kappa shape index (κ2) is 1.17. The van der Waals surface area contributed by atoms with Crippen molar-refractivity contribution in [3.8, 4) is 0 Å². The molecule has 0 amide bonds. The Hall–Kier alpha value is 0.730. The van der Waals surface area contributed by atoms with Crippen LogP contribution in [0.25, 0.3) is 0 Å². The predicted molar refractivity (Wildman–Crippen MR) is 38.7 cm³/mol. The fourth-order valence-electron chi connectivity index (χ4n) is 1.46. The molecule has 0 aromatic rings. The van der Waals surface area contributed by atoms with Gasteiger partial charge in [-0.25, -0.2) is 0 Å². The van der Waals surface area contributed by atoms with E-state index in [4.69, 9.17) is 0 Å². The first-order valence-electron chi connectivity index (χ1n) is 2.95. The maximum atomic E-state index is 2.56. The maximum absolute atomic E-state index is 2.56. The molecule has 40 valence electrons. The van der Waals surface area contributed by atoms with E-state index in [1.54, 1.807) is 12.8 Å². The summed E-state index contributed by atoms with van der Waals surface area (Å²) < 4.78 is 1.04. The van der Waals surface area contributed by atoms with Gasteiger partial charge < -0.3 is 0 Å². The largest absolute Gasteiger partial charge is 0.0826 e. The Bertz CT molecular complexity index is 86.4. The van der Waals surface area contributed by atoms with Gasteiger partial charge in [0.05, 0.1) is 0 Å². The summed E-state index contributed by atoms with van der Waals surface area (Å²) in [5, 5.41) is 0. The molecule has 0 nitrogen and oxygen atoms in total. The molecule has 1 heteroatoms. The van der Waals surface area contributed by atoms with Gasteiger partial charge >= 0.3 is 0 Å². The average molecular weight is 208 g/mol. The van der Waals surface area contributed by atoms with E-state index in [1.807, 2.05) is 0 Å². The van der Waals surface area contributed by atoms with Gasteiger partial charge in [0, 0.05) is 3.92 Å². The molecule has 0 heterocycles. The third-order valence-electron chi connectivity index (χ3n) is 2.27. The summed E-state index contributed by atoms with van der Waals surface area (Å²) in [6.07, 6.45) is 6.17. The topological polar surface area (TPSA) is 0 Å². The predicted octanol–water partition coefficient (Wildman–Crippen LogP) is 2.36. The van der Waals surface area contributed by atoms with Crippen molar-refractivity contribution in [3.63, 3.8) is 0 Å². The molecule has 0 aromatic heterocycles. The van der Waals surface area contributed by atoms with Crippen molar-refractivity contribution in [1.29, 1.82) is 0 Å². The van der Waals surface area contributed by atoms with Gasteiger partial charge in [-0.15, -0.1) is 0 Å². The number of halogens is 1. The van der Waals surface area contributed by atoms with Gasteiger partial charge in [0.25, 0.3) is 0 Å². The summed E-state index contributed by atoms with van der Waals surface area (Å²) in [5.74, 6) is 0. The molecule has 0 aliphatic heterocycles. The molecule has 0 saturated heterocycles. The zero-order valence-corrected chi connectivity index (χ0v) is 6.44. The minimum absolute atomic E-state index is 0.936. The Morgan fingerprint density at radius 1 is 1.29 bits per heavy atom. The Morgan fingerprint density at radius 3 is 2.00 bits per heavy atom. The zero-order chi connectivity index (χ0) is 4.91. The molecule has 2 rings (SSSR count). The number of rotatable bonds is 0. The molecule has 1 spiro atoms. The van der Waals surface area contributed by atoms with Gasteiger partial charge in [0.15, 0.2) is 0 Å². The molecule has 0 unspecified atom stereocenters. The molecule has 2 saturated carbocycles. The summed E-state index contributed by atoms with van der Waals surface area (Å²) >= 11 is 2.56. The Labute approximate surface area is 57.8 Å². The lowest BCUT2D eigenvalue weighted by Crippen LogP contribution is -2.24. The molecule has 7 heavy (non-hydrogen) atoms.